The van der Waals surface area contributed by atoms with Gasteiger partial charge in [-0.2, -0.15) is 0 Å². The van der Waals surface area contributed by atoms with E-state index in [2.05, 4.69) is 5.32 Å². The highest BCUT2D eigenvalue weighted by Crippen LogP contribution is 2.26. The number of benzene rings is 4. The molecule has 0 aliphatic carbocycles. The molecule has 0 heterocycles. The Bertz CT molecular complexity index is 1590. The van der Waals surface area contributed by atoms with Gasteiger partial charge in [-0.05, 0) is 53.6 Å². The molecule has 4 aromatic carbocycles. The Kier molecular flexibility index (Phi) is 9.75. The van der Waals surface area contributed by atoms with Crippen molar-refractivity contribution in [3.8, 4) is 0 Å². The molecule has 0 fully saturated rings. The molecular weight excluding hydrogens is 565 g/mol. The van der Waals surface area contributed by atoms with Crippen molar-refractivity contribution in [3.05, 3.63) is 131 Å². The van der Waals surface area contributed by atoms with E-state index in [1.165, 1.54) is 11.9 Å². The van der Waals surface area contributed by atoms with Gasteiger partial charge < -0.3 is 10.2 Å². The van der Waals surface area contributed by atoms with E-state index in [0.29, 0.717) is 10.6 Å². The number of hydrogen-bond acceptors (Lipinski definition) is 4. The standard InChI is InChI=1S/C31H29ClFN3O4S/c1-34-31(38)29(20-23-10-4-2-5-11-23)35(21-24-12-8-9-15-28(24)32)30(37)22-36(26-13-6-3-7-14-26)41(39,40)27-18-16-25(33)17-19-27/h2-19,29H,20-22H2,1H3,(H,34,38)/t29-/m0/s1. The topological polar surface area (TPSA) is 86.8 Å². The normalized spacial score (nSPS) is 11.9. The average Bonchev–Trinajstić information content (AvgIpc) is 2.99. The molecule has 212 valence electrons. The molecule has 0 bridgehead atoms. The summed E-state index contributed by atoms with van der Waals surface area (Å²) in [6.45, 7) is -0.654. The predicted molar refractivity (Wildman–Crippen MR) is 157 cm³/mol. The zero-order valence-electron chi connectivity index (χ0n) is 22.3. The summed E-state index contributed by atoms with van der Waals surface area (Å²) in [6.07, 6.45) is 0.187. The van der Waals surface area contributed by atoms with Gasteiger partial charge in [-0.25, -0.2) is 12.8 Å². The fraction of sp³-hybridized carbons (Fsp3) is 0.161. The van der Waals surface area contributed by atoms with Crippen molar-refractivity contribution in [1.29, 1.82) is 0 Å². The molecule has 1 N–H and O–H groups in total. The number of carbonyl (C=O) groups excluding carboxylic acids is 2. The summed E-state index contributed by atoms with van der Waals surface area (Å²) in [5.74, 6) is -1.63. The highest BCUT2D eigenvalue weighted by molar-refractivity contribution is 7.92. The van der Waals surface area contributed by atoms with E-state index in [1.807, 2.05) is 30.3 Å². The average molecular weight is 594 g/mol. The smallest absolute Gasteiger partial charge is 0.264 e. The number of halogens is 2. The van der Waals surface area contributed by atoms with Crippen LogP contribution in [0.5, 0.6) is 0 Å². The summed E-state index contributed by atoms with van der Waals surface area (Å²) < 4.78 is 42.2. The van der Waals surface area contributed by atoms with Gasteiger partial charge in [-0.1, -0.05) is 78.3 Å². The quantitative estimate of drug-likeness (QED) is 0.263. The summed E-state index contributed by atoms with van der Waals surface area (Å²) in [6, 6.07) is 27.7. The van der Waals surface area contributed by atoms with Crippen molar-refractivity contribution in [2.45, 2.75) is 23.9 Å². The van der Waals surface area contributed by atoms with E-state index in [-0.39, 0.29) is 23.5 Å². The van der Waals surface area contributed by atoms with Crippen LogP contribution in [-0.2, 0) is 32.6 Å². The molecule has 10 heteroatoms. The molecule has 1 atom stereocenters. The second-order valence-electron chi connectivity index (χ2n) is 9.23. The Morgan fingerprint density at radius 3 is 2.05 bits per heavy atom. The zero-order valence-corrected chi connectivity index (χ0v) is 23.9. The first kappa shape index (κ1) is 29.8. The number of anilines is 1. The molecule has 2 amide bonds. The van der Waals surface area contributed by atoms with Gasteiger partial charge >= 0.3 is 0 Å². The van der Waals surface area contributed by atoms with Crippen molar-refractivity contribution >= 4 is 39.1 Å². The zero-order chi connectivity index (χ0) is 29.4. The summed E-state index contributed by atoms with van der Waals surface area (Å²) in [7, 11) is -2.82. The molecule has 0 unspecified atom stereocenters. The van der Waals surface area contributed by atoms with Gasteiger partial charge in [-0.3, -0.25) is 13.9 Å². The van der Waals surface area contributed by atoms with Crippen LogP contribution in [0.15, 0.2) is 114 Å². The lowest BCUT2D eigenvalue weighted by molar-refractivity contribution is -0.139. The molecule has 0 aliphatic rings. The van der Waals surface area contributed by atoms with Gasteiger partial charge in [0.2, 0.25) is 11.8 Å². The van der Waals surface area contributed by atoms with Gasteiger partial charge in [0.15, 0.2) is 0 Å². The van der Waals surface area contributed by atoms with Gasteiger partial charge in [0, 0.05) is 25.0 Å². The molecule has 7 nitrogen and oxygen atoms in total. The van der Waals surface area contributed by atoms with Crippen LogP contribution in [0.25, 0.3) is 0 Å². The third-order valence-corrected chi connectivity index (χ3v) is 8.70. The van der Waals surface area contributed by atoms with Crippen LogP contribution in [0.2, 0.25) is 5.02 Å². The number of carbonyl (C=O) groups is 2. The van der Waals surface area contributed by atoms with Gasteiger partial charge in [-0.15, -0.1) is 0 Å². The van der Waals surface area contributed by atoms with Crippen LogP contribution in [-0.4, -0.2) is 44.8 Å². The molecule has 0 radical (unpaired) electrons. The number of likely N-dealkylation sites (N-methyl/N-ethyl adjacent to an activating group) is 1. The van der Waals surface area contributed by atoms with Crippen LogP contribution in [0.4, 0.5) is 10.1 Å². The first-order chi connectivity index (χ1) is 19.7. The third-order valence-electron chi connectivity index (χ3n) is 6.54. The third kappa shape index (κ3) is 7.31. The molecule has 4 aromatic rings. The van der Waals surface area contributed by atoms with E-state index in [0.717, 1.165) is 34.1 Å². The Morgan fingerprint density at radius 1 is 0.854 bits per heavy atom. The lowest BCUT2D eigenvalue weighted by Gasteiger charge is -2.33. The van der Waals surface area contributed by atoms with E-state index < -0.39 is 40.2 Å². The van der Waals surface area contributed by atoms with Crippen molar-refractivity contribution in [2.24, 2.45) is 0 Å². The molecule has 0 saturated carbocycles. The first-order valence-corrected chi connectivity index (χ1v) is 14.6. The fourth-order valence-corrected chi connectivity index (χ4v) is 6.00. The second kappa shape index (κ2) is 13.4. The molecular formula is C31H29ClFN3O4S. The van der Waals surface area contributed by atoms with Crippen LogP contribution < -0.4 is 9.62 Å². The number of sulfonamides is 1. The Labute approximate surface area is 244 Å². The largest absolute Gasteiger partial charge is 0.357 e. The van der Waals surface area contributed by atoms with E-state index in [1.54, 1.807) is 54.6 Å². The molecule has 0 aliphatic heterocycles. The highest BCUT2D eigenvalue weighted by Gasteiger charge is 2.34. The van der Waals surface area contributed by atoms with Crippen LogP contribution in [0, 0.1) is 5.82 Å². The molecule has 41 heavy (non-hydrogen) atoms. The lowest BCUT2D eigenvalue weighted by atomic mass is 10.0. The number of rotatable bonds is 11. The number of nitrogens with zero attached hydrogens (tertiary/aromatic N) is 2. The summed E-state index contributed by atoms with van der Waals surface area (Å²) in [4.78, 5) is 28.6. The van der Waals surface area contributed by atoms with Crippen molar-refractivity contribution in [2.75, 3.05) is 17.9 Å². The second-order valence-corrected chi connectivity index (χ2v) is 11.5. The van der Waals surface area contributed by atoms with Crippen LogP contribution in [0.1, 0.15) is 11.1 Å². The van der Waals surface area contributed by atoms with Crippen LogP contribution >= 0.6 is 11.6 Å². The minimum atomic E-state index is -4.30. The highest BCUT2D eigenvalue weighted by atomic mass is 35.5. The number of amides is 2. The number of para-hydroxylation sites is 1. The monoisotopic (exact) mass is 593 g/mol. The molecule has 0 saturated heterocycles. The molecule has 0 aromatic heterocycles. The maximum absolute atomic E-state index is 14.2. The summed E-state index contributed by atoms with van der Waals surface area (Å²) in [5, 5.41) is 3.04. The van der Waals surface area contributed by atoms with Crippen molar-refractivity contribution in [1.82, 2.24) is 10.2 Å². The SMILES string of the molecule is CNC(=O)[C@H](Cc1ccccc1)N(Cc1ccccc1Cl)C(=O)CN(c1ccccc1)S(=O)(=O)c1ccc(F)cc1. The molecule has 0 spiro atoms. The number of nitrogens with one attached hydrogen (secondary N) is 1. The van der Waals surface area contributed by atoms with E-state index >= 15 is 0 Å². The fourth-order valence-electron chi connectivity index (χ4n) is 4.39. The molecule has 4 rings (SSSR count). The first-order valence-electron chi connectivity index (χ1n) is 12.8. The number of hydrogen-bond donors (Lipinski definition) is 1. The maximum atomic E-state index is 14.2. The van der Waals surface area contributed by atoms with Gasteiger partial charge in [0.1, 0.15) is 18.4 Å². The predicted octanol–water partition coefficient (Wildman–Crippen LogP) is 5.06. The van der Waals surface area contributed by atoms with Crippen molar-refractivity contribution in [3.63, 3.8) is 0 Å². The van der Waals surface area contributed by atoms with E-state index in [9.17, 15) is 22.4 Å². The van der Waals surface area contributed by atoms with Crippen molar-refractivity contribution < 1.29 is 22.4 Å². The lowest BCUT2D eigenvalue weighted by Crippen LogP contribution is -2.53. The maximum Gasteiger partial charge on any atom is 0.264 e. The van der Waals surface area contributed by atoms with Crippen LogP contribution in [0.3, 0.4) is 0 Å². The Morgan fingerprint density at radius 2 is 1.44 bits per heavy atom. The van der Waals surface area contributed by atoms with E-state index in [4.69, 9.17) is 11.6 Å². The Hall–Kier alpha value is -4.21. The van der Waals surface area contributed by atoms with Gasteiger partial charge in [0.05, 0.1) is 10.6 Å². The van der Waals surface area contributed by atoms with Gasteiger partial charge in [0.25, 0.3) is 10.0 Å². The summed E-state index contributed by atoms with van der Waals surface area (Å²) >= 11 is 6.44. The summed E-state index contributed by atoms with van der Waals surface area (Å²) in [5.41, 5.74) is 1.65. The minimum Gasteiger partial charge on any atom is -0.357 e. The minimum absolute atomic E-state index is 0.0390. The Balaban J connectivity index is 1.78.